The quantitative estimate of drug-likeness (QED) is 0.666. The van der Waals surface area contributed by atoms with E-state index in [1.54, 1.807) is 0 Å². The zero-order valence-electron chi connectivity index (χ0n) is 16.6. The number of rotatable bonds is 4. The normalized spacial score (nSPS) is 36.3. The van der Waals surface area contributed by atoms with Gasteiger partial charge in [0, 0.05) is 6.42 Å². The van der Waals surface area contributed by atoms with Gasteiger partial charge in [-0.05, 0) is 46.6 Å². The summed E-state index contributed by atoms with van der Waals surface area (Å²) >= 11 is 0. The van der Waals surface area contributed by atoms with Crippen molar-refractivity contribution >= 4 is 0 Å². The highest BCUT2D eigenvalue weighted by Crippen LogP contribution is 2.71. The summed E-state index contributed by atoms with van der Waals surface area (Å²) in [6.45, 7) is 7.36. The van der Waals surface area contributed by atoms with Crippen LogP contribution in [-0.2, 0) is 9.47 Å². The van der Waals surface area contributed by atoms with Gasteiger partial charge in [-0.1, -0.05) is 81.4 Å². The molecule has 0 N–H and O–H groups in total. The Morgan fingerprint density at radius 1 is 0.926 bits per heavy atom. The molecule has 0 unspecified atom stereocenters. The molecule has 2 aromatic carbocycles. The maximum Gasteiger partial charge on any atom is 0.159 e. The second-order valence-electron chi connectivity index (χ2n) is 9.51. The van der Waals surface area contributed by atoms with Crippen LogP contribution in [-0.4, -0.2) is 12.4 Å². The largest absolute Gasteiger partial charge is 0.348 e. The lowest BCUT2D eigenvalue weighted by Gasteiger charge is -2.39. The van der Waals surface area contributed by atoms with Gasteiger partial charge < -0.3 is 9.47 Å². The Labute approximate surface area is 162 Å². The molecule has 5 atom stereocenters. The van der Waals surface area contributed by atoms with Crippen molar-refractivity contribution in [3.05, 3.63) is 71.8 Å². The van der Waals surface area contributed by atoms with E-state index in [-0.39, 0.29) is 17.8 Å². The zero-order valence-corrected chi connectivity index (χ0v) is 16.6. The minimum Gasteiger partial charge on any atom is -0.348 e. The van der Waals surface area contributed by atoms with Gasteiger partial charge >= 0.3 is 0 Å². The first-order valence-corrected chi connectivity index (χ1v) is 10.4. The lowest BCUT2D eigenvalue weighted by atomic mass is 9.70. The van der Waals surface area contributed by atoms with Gasteiger partial charge in [0.15, 0.2) is 6.29 Å². The molecular weight excluding hydrogens is 332 g/mol. The maximum absolute atomic E-state index is 6.64. The van der Waals surface area contributed by atoms with E-state index in [0.717, 1.165) is 12.3 Å². The molecule has 1 heterocycles. The number of ether oxygens (including phenoxy) is 2. The summed E-state index contributed by atoms with van der Waals surface area (Å²) in [5, 5.41) is 0. The van der Waals surface area contributed by atoms with Crippen molar-refractivity contribution < 1.29 is 9.47 Å². The predicted octanol–water partition coefficient (Wildman–Crippen LogP) is 5.98. The first-order chi connectivity index (χ1) is 13.0. The fourth-order valence-electron chi connectivity index (χ4n) is 6.33. The van der Waals surface area contributed by atoms with Crippen LogP contribution in [0.25, 0.3) is 0 Å². The van der Waals surface area contributed by atoms with Crippen LogP contribution in [0.3, 0.4) is 0 Å². The van der Waals surface area contributed by atoms with Crippen LogP contribution in [0.2, 0.25) is 0 Å². The van der Waals surface area contributed by atoms with Crippen LogP contribution in [0.5, 0.6) is 0 Å². The van der Waals surface area contributed by atoms with Gasteiger partial charge in [0.05, 0.1) is 6.10 Å². The van der Waals surface area contributed by atoms with Crippen molar-refractivity contribution in [2.24, 2.45) is 22.7 Å². The maximum atomic E-state index is 6.64. The highest BCUT2D eigenvalue weighted by molar-refractivity contribution is 5.30. The molecule has 2 heteroatoms. The van der Waals surface area contributed by atoms with Crippen LogP contribution in [0.15, 0.2) is 60.7 Å². The van der Waals surface area contributed by atoms with Crippen molar-refractivity contribution in [2.75, 3.05) is 0 Å². The van der Waals surface area contributed by atoms with E-state index in [4.69, 9.17) is 9.47 Å². The van der Waals surface area contributed by atoms with Crippen LogP contribution < -0.4 is 0 Å². The Morgan fingerprint density at radius 2 is 1.52 bits per heavy atom. The molecule has 1 saturated heterocycles. The van der Waals surface area contributed by atoms with E-state index in [0.29, 0.717) is 17.4 Å². The Balaban J connectivity index is 1.40. The second-order valence-corrected chi connectivity index (χ2v) is 9.51. The van der Waals surface area contributed by atoms with Crippen LogP contribution in [0.4, 0.5) is 0 Å². The van der Waals surface area contributed by atoms with Crippen molar-refractivity contribution in [3.63, 3.8) is 0 Å². The summed E-state index contributed by atoms with van der Waals surface area (Å²) in [5.74, 6) is 1.42. The lowest BCUT2D eigenvalue weighted by Crippen LogP contribution is -2.38. The Morgan fingerprint density at radius 3 is 2.07 bits per heavy atom. The Hall–Kier alpha value is -1.64. The lowest BCUT2D eigenvalue weighted by molar-refractivity contribution is -0.180. The molecule has 3 fully saturated rings. The first kappa shape index (κ1) is 17.5. The van der Waals surface area contributed by atoms with E-state index >= 15 is 0 Å². The molecule has 0 radical (unpaired) electrons. The third-order valence-corrected chi connectivity index (χ3v) is 8.16. The number of hydrogen-bond donors (Lipinski definition) is 0. The minimum absolute atomic E-state index is 0.0744. The van der Waals surface area contributed by atoms with Gasteiger partial charge in [0.2, 0.25) is 0 Å². The van der Waals surface area contributed by atoms with Gasteiger partial charge in [0.25, 0.3) is 0 Å². The smallest absolute Gasteiger partial charge is 0.159 e. The Bertz CT molecular complexity index is 760. The molecule has 142 valence electrons. The fourth-order valence-corrected chi connectivity index (χ4v) is 6.33. The zero-order chi connectivity index (χ0) is 18.6. The molecule has 3 aliphatic rings. The third-order valence-electron chi connectivity index (χ3n) is 8.16. The van der Waals surface area contributed by atoms with E-state index < -0.39 is 0 Å². The molecule has 2 aliphatic carbocycles. The van der Waals surface area contributed by atoms with E-state index in [9.17, 15) is 0 Å². The van der Waals surface area contributed by atoms with Gasteiger partial charge in [-0.2, -0.15) is 0 Å². The Kier molecular flexibility index (Phi) is 4.00. The standard InChI is InChI=1S/C25H30O2/c1-24(2)20-14-15-25(24,3)23-19(20)16-21(27-23)26-22(17-10-6-4-7-11-17)18-12-8-5-9-13-18/h4-13,19-23H,14-16H2,1-3H3/t19-,20-,21-,23-,25+/m1/s1. The van der Waals surface area contributed by atoms with Crippen molar-refractivity contribution in [2.45, 2.75) is 58.5 Å². The minimum atomic E-state index is -0.110. The molecule has 0 amide bonds. The van der Waals surface area contributed by atoms with Gasteiger partial charge in [0.1, 0.15) is 6.10 Å². The molecule has 0 spiro atoms. The molecule has 2 saturated carbocycles. The second kappa shape index (κ2) is 6.18. The van der Waals surface area contributed by atoms with Gasteiger partial charge in [-0.15, -0.1) is 0 Å². The van der Waals surface area contributed by atoms with E-state index in [1.807, 2.05) is 0 Å². The van der Waals surface area contributed by atoms with Crippen molar-refractivity contribution in [1.82, 2.24) is 0 Å². The van der Waals surface area contributed by atoms with Crippen molar-refractivity contribution in [3.8, 4) is 0 Å². The van der Waals surface area contributed by atoms with Crippen LogP contribution >= 0.6 is 0 Å². The SMILES string of the molecule is CC1(C)[C@@H]2CC[C@@]1(C)[C@@H]1O[C@@H](OC(c3ccccc3)c3ccccc3)C[C@H]21. The predicted molar refractivity (Wildman–Crippen MR) is 107 cm³/mol. The average Bonchev–Trinajstić information content (AvgIpc) is 3.25. The molecular formula is C25H30O2. The van der Waals surface area contributed by atoms with Crippen LogP contribution in [0, 0.1) is 22.7 Å². The van der Waals surface area contributed by atoms with Crippen LogP contribution in [0.1, 0.15) is 57.3 Å². The molecule has 2 aromatic rings. The van der Waals surface area contributed by atoms with E-state index in [1.165, 1.54) is 24.0 Å². The molecule has 1 aliphatic heterocycles. The number of hydrogen-bond acceptors (Lipinski definition) is 2. The molecule has 0 aromatic heterocycles. The molecule has 2 bridgehead atoms. The summed E-state index contributed by atoms with van der Waals surface area (Å²) in [6, 6.07) is 21.1. The van der Waals surface area contributed by atoms with Gasteiger partial charge in [-0.3, -0.25) is 0 Å². The number of fused-ring (bicyclic) bond motifs is 5. The highest BCUT2D eigenvalue weighted by Gasteiger charge is 2.69. The average molecular weight is 363 g/mol. The molecule has 5 rings (SSSR count). The number of benzene rings is 2. The summed E-state index contributed by atoms with van der Waals surface area (Å²) in [4.78, 5) is 0. The summed E-state index contributed by atoms with van der Waals surface area (Å²) in [7, 11) is 0. The van der Waals surface area contributed by atoms with E-state index in [2.05, 4.69) is 81.4 Å². The molecule has 27 heavy (non-hydrogen) atoms. The highest BCUT2D eigenvalue weighted by atomic mass is 16.7. The monoisotopic (exact) mass is 362 g/mol. The molecule has 2 nitrogen and oxygen atoms in total. The fraction of sp³-hybridized carbons (Fsp3) is 0.520. The topological polar surface area (TPSA) is 18.5 Å². The third kappa shape index (κ3) is 2.53. The first-order valence-electron chi connectivity index (χ1n) is 10.4. The summed E-state index contributed by atoms with van der Waals surface area (Å²) in [6.07, 6.45) is 3.84. The van der Waals surface area contributed by atoms with Gasteiger partial charge in [-0.25, -0.2) is 0 Å². The summed E-state index contributed by atoms with van der Waals surface area (Å²) in [5.41, 5.74) is 3.05. The summed E-state index contributed by atoms with van der Waals surface area (Å²) < 4.78 is 13.2. The van der Waals surface area contributed by atoms with Crippen molar-refractivity contribution in [1.29, 1.82) is 0 Å².